The molecule has 0 atom stereocenters. The molecule has 2 aliphatic rings. The summed E-state index contributed by atoms with van der Waals surface area (Å²) >= 11 is 0. The highest BCUT2D eigenvalue weighted by atomic mass is 16.5. The Balaban J connectivity index is 1.92. The lowest BCUT2D eigenvalue weighted by Gasteiger charge is -2.25. The Labute approximate surface area is 85.3 Å². The third kappa shape index (κ3) is 2.31. The lowest BCUT2D eigenvalue weighted by Crippen LogP contribution is -2.17. The van der Waals surface area contributed by atoms with Gasteiger partial charge in [0.25, 0.3) is 0 Å². The summed E-state index contributed by atoms with van der Waals surface area (Å²) in [5.74, 6) is 1.14. The minimum atomic E-state index is 0.335. The molecule has 0 radical (unpaired) electrons. The lowest BCUT2D eigenvalue weighted by molar-refractivity contribution is 0.0685. The van der Waals surface area contributed by atoms with Crippen molar-refractivity contribution >= 4 is 0 Å². The highest BCUT2D eigenvalue weighted by Crippen LogP contribution is 2.26. The average Bonchev–Trinajstić information content (AvgIpc) is 2.23. The maximum atomic E-state index is 9.57. The number of aliphatic hydroxyl groups is 1. The molecule has 0 saturated heterocycles. The summed E-state index contributed by atoms with van der Waals surface area (Å²) in [5, 5.41) is 9.57. The molecule has 2 heteroatoms. The van der Waals surface area contributed by atoms with E-state index in [1.807, 2.05) is 6.08 Å². The molecule has 0 bridgehead atoms. The van der Waals surface area contributed by atoms with Crippen molar-refractivity contribution in [2.75, 3.05) is 0 Å². The van der Waals surface area contributed by atoms with Gasteiger partial charge in [0.2, 0.25) is 0 Å². The molecule has 0 spiro atoms. The zero-order chi connectivity index (χ0) is 9.80. The van der Waals surface area contributed by atoms with Crippen LogP contribution in [-0.4, -0.2) is 11.2 Å². The van der Waals surface area contributed by atoms with Gasteiger partial charge in [-0.3, -0.25) is 0 Å². The largest absolute Gasteiger partial charge is 0.504 e. The number of aliphatic hydroxyl groups excluding tert-OH is 1. The van der Waals surface area contributed by atoms with E-state index < -0.39 is 0 Å². The van der Waals surface area contributed by atoms with Crippen LogP contribution in [0.15, 0.2) is 23.7 Å². The maximum absolute atomic E-state index is 9.57. The molecule has 0 aromatic carbocycles. The van der Waals surface area contributed by atoms with Crippen LogP contribution in [0.2, 0.25) is 0 Å². The van der Waals surface area contributed by atoms with Crippen molar-refractivity contribution in [1.82, 2.24) is 0 Å². The van der Waals surface area contributed by atoms with Gasteiger partial charge in [0.05, 0.1) is 6.10 Å². The minimum Gasteiger partial charge on any atom is -0.504 e. The summed E-state index contributed by atoms with van der Waals surface area (Å²) < 4.78 is 5.82. The zero-order valence-electron chi connectivity index (χ0n) is 8.54. The molecule has 0 aromatic rings. The SMILES string of the molecule is OC1=C(OC2CCCCC2)CCC=C1. The Morgan fingerprint density at radius 1 is 1.21 bits per heavy atom. The third-order valence-corrected chi connectivity index (χ3v) is 2.96. The monoisotopic (exact) mass is 194 g/mol. The van der Waals surface area contributed by atoms with E-state index in [9.17, 15) is 5.11 Å². The van der Waals surface area contributed by atoms with Crippen LogP contribution in [0.25, 0.3) is 0 Å². The third-order valence-electron chi connectivity index (χ3n) is 2.96. The van der Waals surface area contributed by atoms with Crippen LogP contribution >= 0.6 is 0 Å². The fraction of sp³-hybridized carbons (Fsp3) is 0.667. The number of allylic oxidation sites excluding steroid dienone is 3. The van der Waals surface area contributed by atoms with Gasteiger partial charge in [0.1, 0.15) is 5.76 Å². The summed E-state index contributed by atoms with van der Waals surface area (Å²) in [6.07, 6.45) is 12.1. The number of ether oxygens (including phenoxy) is 1. The van der Waals surface area contributed by atoms with Gasteiger partial charge in [-0.05, 0) is 38.2 Å². The molecule has 1 N–H and O–H groups in total. The molecule has 0 amide bonds. The maximum Gasteiger partial charge on any atom is 0.152 e. The van der Waals surface area contributed by atoms with Crippen LogP contribution in [0.4, 0.5) is 0 Å². The highest BCUT2D eigenvalue weighted by molar-refractivity contribution is 5.19. The Bertz CT molecular complexity index is 247. The molecular formula is C12H18O2. The van der Waals surface area contributed by atoms with Gasteiger partial charge in [-0.2, -0.15) is 0 Å². The van der Waals surface area contributed by atoms with Gasteiger partial charge >= 0.3 is 0 Å². The fourth-order valence-electron chi connectivity index (χ4n) is 2.13. The lowest BCUT2D eigenvalue weighted by atomic mass is 9.97. The first-order valence-electron chi connectivity index (χ1n) is 5.61. The molecule has 0 unspecified atom stereocenters. The normalized spacial score (nSPS) is 24.0. The predicted molar refractivity (Wildman–Crippen MR) is 56.0 cm³/mol. The van der Waals surface area contributed by atoms with E-state index in [4.69, 9.17) is 4.74 Å². The summed E-state index contributed by atoms with van der Waals surface area (Å²) in [5.41, 5.74) is 0. The van der Waals surface area contributed by atoms with Gasteiger partial charge in [-0.1, -0.05) is 12.5 Å². The van der Waals surface area contributed by atoms with Crippen molar-refractivity contribution < 1.29 is 9.84 Å². The first kappa shape index (κ1) is 9.63. The van der Waals surface area contributed by atoms with Crippen LogP contribution < -0.4 is 0 Å². The number of hydrogen-bond acceptors (Lipinski definition) is 2. The van der Waals surface area contributed by atoms with Crippen molar-refractivity contribution in [1.29, 1.82) is 0 Å². The number of hydrogen-bond donors (Lipinski definition) is 1. The van der Waals surface area contributed by atoms with Crippen molar-refractivity contribution in [3.05, 3.63) is 23.7 Å². The standard InChI is InChI=1S/C12H18O2/c13-11-8-4-5-9-12(11)14-10-6-2-1-3-7-10/h4,8,10,13H,1-3,5-7,9H2. The van der Waals surface area contributed by atoms with Crippen LogP contribution in [-0.2, 0) is 4.74 Å². The zero-order valence-corrected chi connectivity index (χ0v) is 8.54. The van der Waals surface area contributed by atoms with Gasteiger partial charge < -0.3 is 9.84 Å². The average molecular weight is 194 g/mol. The van der Waals surface area contributed by atoms with Crippen LogP contribution in [0.1, 0.15) is 44.9 Å². The summed E-state index contributed by atoms with van der Waals surface area (Å²) in [4.78, 5) is 0. The predicted octanol–water partition coefficient (Wildman–Crippen LogP) is 3.46. The van der Waals surface area contributed by atoms with Crippen LogP contribution in [0.5, 0.6) is 0 Å². The Morgan fingerprint density at radius 3 is 2.71 bits per heavy atom. The van der Waals surface area contributed by atoms with Crippen LogP contribution in [0, 0.1) is 0 Å². The van der Waals surface area contributed by atoms with E-state index >= 15 is 0 Å². The molecule has 2 rings (SSSR count). The van der Waals surface area contributed by atoms with E-state index in [0.717, 1.165) is 31.4 Å². The Morgan fingerprint density at radius 2 is 2.00 bits per heavy atom. The van der Waals surface area contributed by atoms with Crippen LogP contribution in [0.3, 0.4) is 0 Å². The van der Waals surface area contributed by atoms with Gasteiger partial charge in [0, 0.05) is 6.42 Å². The van der Waals surface area contributed by atoms with Gasteiger partial charge in [-0.15, -0.1) is 0 Å². The molecule has 0 heterocycles. The van der Waals surface area contributed by atoms with E-state index in [1.165, 1.54) is 19.3 Å². The van der Waals surface area contributed by atoms with E-state index in [-0.39, 0.29) is 0 Å². The van der Waals surface area contributed by atoms with Crippen molar-refractivity contribution in [3.63, 3.8) is 0 Å². The second-order valence-electron chi connectivity index (χ2n) is 4.13. The van der Waals surface area contributed by atoms with Gasteiger partial charge in [-0.25, -0.2) is 0 Å². The molecule has 0 aliphatic heterocycles. The summed E-state index contributed by atoms with van der Waals surface area (Å²) in [6.45, 7) is 0. The second kappa shape index (κ2) is 4.54. The van der Waals surface area contributed by atoms with Crippen molar-refractivity contribution in [2.45, 2.75) is 51.0 Å². The summed E-state index contributed by atoms with van der Waals surface area (Å²) in [6, 6.07) is 0. The molecule has 1 fully saturated rings. The molecule has 2 nitrogen and oxygen atoms in total. The molecule has 0 aromatic heterocycles. The van der Waals surface area contributed by atoms with Crippen molar-refractivity contribution in [2.24, 2.45) is 0 Å². The topological polar surface area (TPSA) is 29.5 Å². The van der Waals surface area contributed by atoms with Gasteiger partial charge in [0.15, 0.2) is 5.76 Å². The highest BCUT2D eigenvalue weighted by Gasteiger charge is 2.18. The minimum absolute atomic E-state index is 0.335. The van der Waals surface area contributed by atoms with E-state index in [1.54, 1.807) is 6.08 Å². The smallest absolute Gasteiger partial charge is 0.152 e. The molecule has 78 valence electrons. The Kier molecular flexibility index (Phi) is 3.12. The van der Waals surface area contributed by atoms with E-state index in [0.29, 0.717) is 11.9 Å². The number of rotatable bonds is 2. The first-order valence-corrected chi connectivity index (χ1v) is 5.61. The van der Waals surface area contributed by atoms with E-state index in [2.05, 4.69) is 0 Å². The molecule has 14 heavy (non-hydrogen) atoms. The fourth-order valence-corrected chi connectivity index (χ4v) is 2.13. The molecular weight excluding hydrogens is 176 g/mol. The van der Waals surface area contributed by atoms with Crippen molar-refractivity contribution in [3.8, 4) is 0 Å². The first-order chi connectivity index (χ1) is 6.86. The summed E-state index contributed by atoms with van der Waals surface area (Å²) in [7, 11) is 0. The molecule has 1 saturated carbocycles. The Hall–Kier alpha value is -0.920. The quantitative estimate of drug-likeness (QED) is 0.729. The molecule has 2 aliphatic carbocycles. The second-order valence-corrected chi connectivity index (χ2v) is 4.13.